The molecular weight excluding hydrogens is 312 g/mol. The summed E-state index contributed by atoms with van der Waals surface area (Å²) in [5.41, 5.74) is 1.23. The van der Waals surface area contributed by atoms with Gasteiger partial charge in [-0.25, -0.2) is 4.98 Å². The van der Waals surface area contributed by atoms with Crippen LogP contribution in [-0.4, -0.2) is 74.6 Å². The molecule has 1 N–H and O–H groups in total. The van der Waals surface area contributed by atoms with E-state index in [9.17, 15) is 0 Å². The maximum Gasteiger partial charge on any atom is 0.193 e. The minimum Gasteiger partial charge on any atom is -0.354 e. The van der Waals surface area contributed by atoms with Crippen molar-refractivity contribution >= 4 is 11.8 Å². The Kier molecular flexibility index (Phi) is 7.73. The Morgan fingerprint density at radius 3 is 2.84 bits per heavy atom. The number of piperazine rings is 1. The van der Waals surface area contributed by atoms with E-state index < -0.39 is 0 Å². The van der Waals surface area contributed by atoms with E-state index in [0.717, 1.165) is 63.9 Å². The molecule has 0 saturated carbocycles. The van der Waals surface area contributed by atoms with E-state index in [0.29, 0.717) is 0 Å². The summed E-state index contributed by atoms with van der Waals surface area (Å²) in [4.78, 5) is 15.8. The molecule has 0 spiro atoms. The lowest BCUT2D eigenvalue weighted by atomic mass is 10.2. The van der Waals surface area contributed by atoms with Crippen molar-refractivity contribution in [2.75, 3.05) is 58.8 Å². The van der Waals surface area contributed by atoms with E-state index in [2.05, 4.69) is 62.8 Å². The molecule has 1 aromatic heterocycles. The fourth-order valence-electron chi connectivity index (χ4n) is 2.92. The smallest absolute Gasteiger partial charge is 0.193 e. The van der Waals surface area contributed by atoms with Crippen LogP contribution in [0.3, 0.4) is 0 Å². The Labute approximate surface area is 152 Å². The number of hydrogen-bond donors (Lipinski definition) is 1. The average molecular weight is 345 g/mol. The number of rotatable bonds is 7. The lowest BCUT2D eigenvalue weighted by Gasteiger charge is -2.33. The number of nitrogens with one attached hydrogen (secondary N) is 1. The zero-order valence-corrected chi connectivity index (χ0v) is 15.9. The third-order valence-electron chi connectivity index (χ3n) is 4.56. The van der Waals surface area contributed by atoms with Crippen molar-refractivity contribution in [3.63, 3.8) is 0 Å². The molecule has 6 nitrogen and oxygen atoms in total. The molecule has 0 unspecified atom stereocenters. The van der Waals surface area contributed by atoms with Crippen molar-refractivity contribution in [2.24, 2.45) is 4.99 Å². The van der Waals surface area contributed by atoms with E-state index >= 15 is 0 Å². The fraction of sp³-hybridized carbons (Fsp3) is 0.579. The molecule has 6 heteroatoms. The second-order valence-corrected chi connectivity index (χ2v) is 6.57. The van der Waals surface area contributed by atoms with Crippen LogP contribution in [0.1, 0.15) is 18.4 Å². The molecule has 1 aliphatic heterocycles. The first-order chi connectivity index (χ1) is 12.1. The number of allylic oxidation sites excluding steroid dienone is 1. The van der Waals surface area contributed by atoms with Crippen molar-refractivity contribution in [3.8, 4) is 0 Å². The molecule has 2 heterocycles. The van der Waals surface area contributed by atoms with Gasteiger partial charge in [0.1, 0.15) is 5.82 Å². The topological polar surface area (TPSA) is 47.0 Å². The first kappa shape index (κ1) is 19.2. The number of guanidine groups is 1. The predicted octanol–water partition coefficient (Wildman–Crippen LogP) is 1.81. The summed E-state index contributed by atoms with van der Waals surface area (Å²) in [5, 5.41) is 3.45. The van der Waals surface area contributed by atoms with Gasteiger partial charge in [0.05, 0.1) is 0 Å². The fourth-order valence-corrected chi connectivity index (χ4v) is 2.92. The number of aliphatic imine (C=N–C) groups is 1. The van der Waals surface area contributed by atoms with Crippen LogP contribution in [0.5, 0.6) is 0 Å². The van der Waals surface area contributed by atoms with Crippen LogP contribution in [0.2, 0.25) is 0 Å². The summed E-state index contributed by atoms with van der Waals surface area (Å²) in [5.74, 6) is 1.99. The molecule has 2 rings (SSSR count). The van der Waals surface area contributed by atoms with Crippen LogP contribution < -0.4 is 10.2 Å². The standard InChI is InChI=1S/C19H32N6/c1-5-6-7-10-24(4)19(20-2)22-16-17-8-9-21-18(15-17)25-13-11-23(3)12-14-25/h5,8-9,15H,1,6-7,10-14,16H2,2-4H3,(H,20,22). The molecule has 25 heavy (non-hydrogen) atoms. The number of aromatic nitrogens is 1. The predicted molar refractivity (Wildman–Crippen MR) is 106 cm³/mol. The highest BCUT2D eigenvalue weighted by Crippen LogP contribution is 2.14. The highest BCUT2D eigenvalue weighted by atomic mass is 15.3. The molecule has 0 radical (unpaired) electrons. The van der Waals surface area contributed by atoms with Gasteiger partial charge < -0.3 is 20.0 Å². The normalized spacial score (nSPS) is 16.0. The Morgan fingerprint density at radius 2 is 2.16 bits per heavy atom. The third kappa shape index (κ3) is 6.05. The molecular formula is C19H32N6. The van der Waals surface area contributed by atoms with Crippen LogP contribution in [-0.2, 0) is 6.54 Å². The summed E-state index contributed by atoms with van der Waals surface area (Å²) in [6.07, 6.45) is 5.98. The number of unbranched alkanes of at least 4 members (excludes halogenated alkanes) is 1. The van der Waals surface area contributed by atoms with Gasteiger partial charge in [0.15, 0.2) is 5.96 Å². The summed E-state index contributed by atoms with van der Waals surface area (Å²) in [7, 11) is 6.07. The number of likely N-dealkylation sites (N-methyl/N-ethyl adjacent to an activating group) is 1. The number of hydrogen-bond acceptors (Lipinski definition) is 4. The summed E-state index contributed by atoms with van der Waals surface area (Å²) in [6.45, 7) is 9.74. The maximum atomic E-state index is 4.55. The van der Waals surface area contributed by atoms with Gasteiger partial charge in [-0.1, -0.05) is 6.08 Å². The Hall–Kier alpha value is -2.08. The lowest BCUT2D eigenvalue weighted by molar-refractivity contribution is 0.312. The van der Waals surface area contributed by atoms with E-state index in [4.69, 9.17) is 0 Å². The van der Waals surface area contributed by atoms with Crippen molar-refractivity contribution in [3.05, 3.63) is 36.5 Å². The molecule has 1 fully saturated rings. The van der Waals surface area contributed by atoms with Crippen LogP contribution in [0, 0.1) is 0 Å². The largest absolute Gasteiger partial charge is 0.354 e. The molecule has 0 bridgehead atoms. The number of pyridine rings is 1. The number of anilines is 1. The molecule has 0 amide bonds. The maximum absolute atomic E-state index is 4.55. The first-order valence-electron chi connectivity index (χ1n) is 9.05. The zero-order valence-electron chi connectivity index (χ0n) is 15.9. The van der Waals surface area contributed by atoms with Crippen molar-refractivity contribution in [1.29, 1.82) is 0 Å². The second kappa shape index (κ2) is 10.0. The molecule has 1 saturated heterocycles. The van der Waals surface area contributed by atoms with Crippen LogP contribution in [0.4, 0.5) is 5.82 Å². The summed E-state index contributed by atoms with van der Waals surface area (Å²) >= 11 is 0. The van der Waals surface area contributed by atoms with Gasteiger partial charge in [0.25, 0.3) is 0 Å². The molecule has 1 aromatic rings. The van der Waals surface area contributed by atoms with Crippen LogP contribution in [0.25, 0.3) is 0 Å². The van der Waals surface area contributed by atoms with Gasteiger partial charge in [-0.15, -0.1) is 6.58 Å². The molecule has 1 aliphatic rings. The monoisotopic (exact) mass is 344 g/mol. The molecule has 0 aliphatic carbocycles. The minimum atomic E-state index is 0.752. The quantitative estimate of drug-likeness (QED) is 0.354. The van der Waals surface area contributed by atoms with Crippen molar-refractivity contribution in [1.82, 2.24) is 20.1 Å². The van der Waals surface area contributed by atoms with Crippen molar-refractivity contribution < 1.29 is 0 Å². The van der Waals surface area contributed by atoms with Gasteiger partial charge >= 0.3 is 0 Å². The van der Waals surface area contributed by atoms with E-state index in [-0.39, 0.29) is 0 Å². The van der Waals surface area contributed by atoms with Gasteiger partial charge in [0, 0.05) is 59.6 Å². The Balaban J connectivity index is 1.89. The Morgan fingerprint density at radius 1 is 1.40 bits per heavy atom. The summed E-state index contributed by atoms with van der Waals surface area (Å²) in [6, 6.07) is 4.25. The average Bonchev–Trinajstić information content (AvgIpc) is 2.63. The van der Waals surface area contributed by atoms with Crippen molar-refractivity contribution in [2.45, 2.75) is 19.4 Å². The zero-order chi connectivity index (χ0) is 18.1. The molecule has 138 valence electrons. The molecule has 0 atom stereocenters. The van der Waals surface area contributed by atoms with E-state index in [1.807, 2.05) is 19.3 Å². The van der Waals surface area contributed by atoms with Gasteiger partial charge in [-0.2, -0.15) is 0 Å². The van der Waals surface area contributed by atoms with Crippen LogP contribution in [0.15, 0.2) is 36.0 Å². The lowest BCUT2D eigenvalue weighted by Crippen LogP contribution is -2.44. The number of nitrogens with zero attached hydrogens (tertiary/aromatic N) is 5. The summed E-state index contributed by atoms with van der Waals surface area (Å²) < 4.78 is 0. The van der Waals surface area contributed by atoms with Gasteiger partial charge in [-0.05, 0) is 37.6 Å². The SMILES string of the molecule is C=CCCCN(C)C(=NC)NCc1ccnc(N2CCN(C)CC2)c1. The highest BCUT2D eigenvalue weighted by molar-refractivity contribution is 5.79. The second-order valence-electron chi connectivity index (χ2n) is 6.57. The van der Waals surface area contributed by atoms with E-state index in [1.165, 1.54) is 5.56 Å². The highest BCUT2D eigenvalue weighted by Gasteiger charge is 2.15. The Bertz CT molecular complexity index is 563. The van der Waals surface area contributed by atoms with Gasteiger partial charge in [-0.3, -0.25) is 4.99 Å². The third-order valence-corrected chi connectivity index (χ3v) is 4.56. The minimum absolute atomic E-state index is 0.752. The van der Waals surface area contributed by atoms with Gasteiger partial charge in [0.2, 0.25) is 0 Å². The van der Waals surface area contributed by atoms with Crippen LogP contribution >= 0.6 is 0 Å². The first-order valence-corrected chi connectivity index (χ1v) is 9.05. The van der Waals surface area contributed by atoms with E-state index in [1.54, 1.807) is 0 Å². The molecule has 0 aromatic carbocycles.